The number of hydrogen-bond acceptors (Lipinski definition) is 11. The van der Waals surface area contributed by atoms with Crippen molar-refractivity contribution in [2.24, 2.45) is 29.6 Å². The van der Waals surface area contributed by atoms with Crippen LogP contribution < -0.4 is 0 Å². The van der Waals surface area contributed by atoms with Crippen molar-refractivity contribution in [2.75, 3.05) is 33.6 Å². The molecule has 3 saturated heterocycles. The summed E-state index contributed by atoms with van der Waals surface area (Å²) < 4.78 is 31.9. The normalized spacial score (nSPS) is 41.8. The van der Waals surface area contributed by atoms with E-state index in [1.807, 2.05) is 78.7 Å². The van der Waals surface area contributed by atoms with Crippen LogP contribution in [0.2, 0.25) is 0 Å². The molecule has 0 aromatic heterocycles. The second-order valence-electron chi connectivity index (χ2n) is 16.2. The lowest BCUT2D eigenvalue weighted by Crippen LogP contribution is -2.60. The summed E-state index contributed by atoms with van der Waals surface area (Å²) in [5.74, 6) is -2.53. The van der Waals surface area contributed by atoms with Crippen molar-refractivity contribution in [1.82, 2.24) is 4.90 Å². The molecule has 0 amide bonds. The van der Waals surface area contributed by atoms with Gasteiger partial charge in [0.05, 0.1) is 36.4 Å². The summed E-state index contributed by atoms with van der Waals surface area (Å²) in [5.41, 5.74) is 0.198. The summed E-state index contributed by atoms with van der Waals surface area (Å²) in [6, 6.07) is 10.1. The topological polar surface area (TPSA) is 124 Å². The number of aliphatic hydroxyl groups is 2. The number of likely N-dealkylation sites (N-methyl/N-ethyl adjacent to an activating group) is 1. The first-order chi connectivity index (χ1) is 24.5. The zero-order chi connectivity index (χ0) is 38.5. The molecule has 3 aliphatic heterocycles. The quantitative estimate of drug-likeness (QED) is 0.240. The number of aryl methyl sites for hydroxylation is 1. The minimum absolute atomic E-state index is 0.0407. The minimum Gasteiger partial charge on any atom is -0.459 e. The van der Waals surface area contributed by atoms with Gasteiger partial charge in [0.25, 0.3) is 0 Å². The number of aliphatic hydroxyl groups excluding tert-OH is 2. The third-order valence-electron chi connectivity index (χ3n) is 12.1. The van der Waals surface area contributed by atoms with Crippen molar-refractivity contribution in [2.45, 2.75) is 135 Å². The summed E-state index contributed by atoms with van der Waals surface area (Å²) in [7, 11) is 5.39. The van der Waals surface area contributed by atoms with Crippen LogP contribution in [0.5, 0.6) is 0 Å². The van der Waals surface area contributed by atoms with Crippen LogP contribution in [0.15, 0.2) is 41.3 Å². The van der Waals surface area contributed by atoms with Crippen molar-refractivity contribution < 1.29 is 43.5 Å². The van der Waals surface area contributed by atoms with Gasteiger partial charge in [0, 0.05) is 42.6 Å². The van der Waals surface area contributed by atoms with Crippen LogP contribution in [0.3, 0.4) is 0 Å². The molecule has 1 aromatic rings. The predicted octanol–water partition coefficient (Wildman–Crippen LogP) is 5.67. The van der Waals surface area contributed by atoms with E-state index in [-0.39, 0.29) is 30.3 Å². The Hall–Kier alpha value is -1.83. The zero-order valence-corrected chi connectivity index (χ0v) is 34.1. The number of benzene rings is 1. The number of carbonyl (C=O) groups excluding carboxylic acids is 2. The Balaban J connectivity index is 1.71. The van der Waals surface area contributed by atoms with E-state index in [0.717, 1.165) is 17.7 Å². The smallest absolute Gasteiger partial charge is 0.311 e. The van der Waals surface area contributed by atoms with Crippen LogP contribution in [0.4, 0.5) is 0 Å². The summed E-state index contributed by atoms with van der Waals surface area (Å²) >= 11 is 1.71. The van der Waals surface area contributed by atoms with Crippen LogP contribution >= 0.6 is 11.8 Å². The van der Waals surface area contributed by atoms with Crippen molar-refractivity contribution in [1.29, 1.82) is 0 Å². The second kappa shape index (κ2) is 18.2. The zero-order valence-electron chi connectivity index (χ0n) is 33.2. The maximum Gasteiger partial charge on any atom is 0.311 e. The molecule has 3 heterocycles. The minimum atomic E-state index is -1.20. The largest absolute Gasteiger partial charge is 0.459 e. The van der Waals surface area contributed by atoms with Gasteiger partial charge in [-0.05, 0) is 84.0 Å². The molecule has 0 radical (unpaired) electrons. The van der Waals surface area contributed by atoms with Crippen LogP contribution in [0.1, 0.15) is 80.2 Å². The number of ketones is 1. The molecule has 294 valence electrons. The van der Waals surface area contributed by atoms with Gasteiger partial charge >= 0.3 is 5.97 Å². The molecule has 4 unspecified atom stereocenters. The maximum absolute atomic E-state index is 14.6. The Bertz CT molecular complexity index is 1360. The van der Waals surface area contributed by atoms with E-state index in [9.17, 15) is 19.8 Å². The van der Waals surface area contributed by atoms with Crippen LogP contribution in [0.25, 0.3) is 0 Å². The van der Waals surface area contributed by atoms with E-state index in [1.54, 1.807) is 32.7 Å². The van der Waals surface area contributed by atoms with E-state index in [1.165, 1.54) is 5.56 Å². The molecule has 0 spiro atoms. The summed E-state index contributed by atoms with van der Waals surface area (Å²) in [6.07, 6.45) is -2.66. The highest BCUT2D eigenvalue weighted by Crippen LogP contribution is 2.48. The van der Waals surface area contributed by atoms with Gasteiger partial charge in [-0.25, -0.2) is 0 Å². The highest BCUT2D eigenvalue weighted by atomic mass is 32.2. The molecule has 10 nitrogen and oxygen atoms in total. The number of cyclic esters (lactones) is 1. The first-order valence-electron chi connectivity index (χ1n) is 19.1. The van der Waals surface area contributed by atoms with E-state index >= 15 is 0 Å². The van der Waals surface area contributed by atoms with Gasteiger partial charge in [-0.3, -0.25) is 9.59 Å². The summed E-state index contributed by atoms with van der Waals surface area (Å²) in [6.45, 7) is 15.4. The van der Waals surface area contributed by atoms with Crippen LogP contribution in [-0.4, -0.2) is 114 Å². The van der Waals surface area contributed by atoms with E-state index in [2.05, 4.69) is 17.5 Å². The number of Topliss-reactive ketones (excluding diaryl/α,β-unsaturated/α-hetero) is 1. The van der Waals surface area contributed by atoms with Crippen molar-refractivity contribution in [3.63, 3.8) is 0 Å². The fourth-order valence-corrected chi connectivity index (χ4v) is 9.78. The molecule has 3 aliphatic rings. The monoisotopic (exact) mass is 747 g/mol. The van der Waals surface area contributed by atoms with E-state index in [0.29, 0.717) is 19.4 Å². The predicted molar refractivity (Wildman–Crippen MR) is 204 cm³/mol. The number of ether oxygens (including phenoxy) is 5. The van der Waals surface area contributed by atoms with Crippen molar-refractivity contribution in [3.8, 4) is 0 Å². The number of thioether (sulfide) groups is 1. The van der Waals surface area contributed by atoms with Gasteiger partial charge in [0.1, 0.15) is 23.6 Å². The van der Waals surface area contributed by atoms with Crippen LogP contribution in [0, 0.1) is 29.6 Å². The average Bonchev–Trinajstić information content (AvgIpc) is 3.46. The first kappa shape index (κ1) is 42.9. The number of rotatable bonds is 9. The Morgan fingerprint density at radius 2 is 1.69 bits per heavy atom. The van der Waals surface area contributed by atoms with Gasteiger partial charge < -0.3 is 38.8 Å². The van der Waals surface area contributed by atoms with E-state index < -0.39 is 71.5 Å². The summed E-state index contributed by atoms with van der Waals surface area (Å²) in [5, 5.41) is 25.4. The lowest BCUT2D eigenvalue weighted by Gasteiger charge is -2.48. The van der Waals surface area contributed by atoms with E-state index in [4.69, 9.17) is 23.7 Å². The molecule has 3 fully saturated rings. The Morgan fingerprint density at radius 1 is 1.02 bits per heavy atom. The molecule has 2 N–H and O–H groups in total. The highest BCUT2D eigenvalue weighted by molar-refractivity contribution is 8.02. The number of carbonyl (C=O) groups is 2. The molecular weight excluding hydrogens is 683 g/mol. The van der Waals surface area contributed by atoms with Gasteiger partial charge in [-0.1, -0.05) is 58.0 Å². The molecule has 52 heavy (non-hydrogen) atoms. The molecule has 0 aliphatic carbocycles. The maximum atomic E-state index is 14.6. The Kier molecular flexibility index (Phi) is 15.0. The first-order valence-corrected chi connectivity index (χ1v) is 20.1. The molecule has 11 heteroatoms. The van der Waals surface area contributed by atoms with Gasteiger partial charge in [0.15, 0.2) is 6.29 Å². The molecular formula is C41H65NO9S. The highest BCUT2D eigenvalue weighted by Gasteiger charge is 2.56. The third kappa shape index (κ3) is 9.33. The average molecular weight is 748 g/mol. The van der Waals surface area contributed by atoms with Crippen molar-refractivity contribution >= 4 is 23.5 Å². The standard InChI is InChI=1S/C41H65NO9S/c1-12-32-41(8)33(30(22-48-41)23-52-19-18-29-16-14-13-15-17-29)26(4)34(43)24(2)21-40(7,47-11)37(27(5)35(44)28(6)38(46)50-32)51-39-36(45)31(42(9)10)20-25(3)49-39/h13-17,23-28,31-33,35-37,39,44-45H,12,18-22H2,1-11H3/b30-23+/t24?,25-,26?,27+,28?,31+,32-,33-,35?,36-,37-,39+,40-,41-/m1/s1. The second-order valence-corrected chi connectivity index (χ2v) is 17.1. The Morgan fingerprint density at radius 3 is 2.31 bits per heavy atom. The number of nitrogens with zero attached hydrogens (tertiary/aromatic N) is 1. The number of hydrogen-bond donors (Lipinski definition) is 2. The number of methoxy groups -OCH3 is 1. The van der Waals surface area contributed by atoms with Crippen LogP contribution in [-0.2, 0) is 39.7 Å². The lowest BCUT2D eigenvalue weighted by molar-refractivity contribution is -0.301. The molecule has 1 aromatic carbocycles. The van der Waals surface area contributed by atoms with Crippen molar-refractivity contribution in [3.05, 3.63) is 46.9 Å². The molecule has 0 saturated carbocycles. The fourth-order valence-electron chi connectivity index (χ4n) is 8.88. The number of esters is 1. The third-order valence-corrected chi connectivity index (χ3v) is 13.0. The van der Waals surface area contributed by atoms with Gasteiger partial charge in [0.2, 0.25) is 0 Å². The molecule has 4 rings (SSSR count). The molecule has 14 atom stereocenters. The van der Waals surface area contributed by atoms with Gasteiger partial charge in [-0.2, -0.15) is 0 Å². The Labute approximate surface area is 316 Å². The SMILES string of the molecule is CC[C@H]1OC(=O)C(C)C(O)[C@H](C)[C@@H](O[C@@H]2O[C@H](C)C[C@H](N(C)C)[C@H]2O)[C@](C)(OC)CC(C)C(=O)C(C)[C@@H]2/C(=C/SCCc3ccccc3)CO[C@]12C. The summed E-state index contributed by atoms with van der Waals surface area (Å²) in [4.78, 5) is 30.5. The lowest BCUT2D eigenvalue weighted by atomic mass is 9.69. The number of fused-ring (bicyclic) bond motifs is 1. The van der Waals surface area contributed by atoms with Gasteiger partial charge in [-0.15, -0.1) is 11.8 Å². The fraction of sp³-hybridized carbons (Fsp3) is 0.756. The molecule has 0 bridgehead atoms.